The average molecular weight is 342 g/mol. The minimum absolute atomic E-state index is 0.287. The zero-order chi connectivity index (χ0) is 15.4. The molecule has 0 fully saturated rings. The van der Waals surface area contributed by atoms with Crippen molar-refractivity contribution in [3.05, 3.63) is 63.6 Å². The first-order chi connectivity index (χ1) is 10.0. The van der Waals surface area contributed by atoms with Crippen molar-refractivity contribution in [2.75, 3.05) is 5.75 Å². The first-order valence-electron chi connectivity index (χ1n) is 6.69. The van der Waals surface area contributed by atoms with Crippen LogP contribution in [0.1, 0.15) is 24.1 Å². The highest BCUT2D eigenvalue weighted by Gasteiger charge is 2.17. The molecular formula is C16H17Cl2NOS. The van der Waals surface area contributed by atoms with E-state index in [1.54, 1.807) is 18.2 Å². The third kappa shape index (κ3) is 4.07. The molecule has 0 aliphatic rings. The molecule has 2 rings (SSSR count). The van der Waals surface area contributed by atoms with Gasteiger partial charge < -0.3 is 5.73 Å². The molecule has 0 spiro atoms. The average Bonchev–Trinajstić information content (AvgIpc) is 2.47. The van der Waals surface area contributed by atoms with Crippen molar-refractivity contribution in [2.24, 2.45) is 5.73 Å². The lowest BCUT2D eigenvalue weighted by atomic mass is 10.1. The van der Waals surface area contributed by atoms with E-state index >= 15 is 0 Å². The fourth-order valence-corrected chi connectivity index (χ4v) is 4.21. The van der Waals surface area contributed by atoms with E-state index in [9.17, 15) is 4.21 Å². The summed E-state index contributed by atoms with van der Waals surface area (Å²) >= 11 is 12.2. The maximum absolute atomic E-state index is 12.5. The molecule has 2 aromatic carbocycles. The maximum atomic E-state index is 12.5. The van der Waals surface area contributed by atoms with Gasteiger partial charge in [-0.05, 0) is 29.7 Å². The molecule has 0 saturated carbocycles. The van der Waals surface area contributed by atoms with Crippen LogP contribution in [0, 0.1) is 0 Å². The second-order valence-electron chi connectivity index (χ2n) is 4.76. The summed E-state index contributed by atoms with van der Waals surface area (Å²) in [5, 5.41) is 0.823. The Morgan fingerprint density at radius 3 is 2.19 bits per heavy atom. The van der Waals surface area contributed by atoms with Gasteiger partial charge >= 0.3 is 0 Å². The molecule has 2 unspecified atom stereocenters. The Kier molecular flexibility index (Phi) is 5.82. The molecule has 0 radical (unpaired) electrons. The van der Waals surface area contributed by atoms with Crippen molar-refractivity contribution in [1.82, 2.24) is 0 Å². The standard InChI is InChI=1S/C16H17Cl2NOS/c1-2-11-6-8-12(9-7-11)15(19)10-21(20)16-13(17)4-3-5-14(16)18/h3-9,15H,2,10,19H2,1H3. The minimum atomic E-state index is -1.33. The molecular weight excluding hydrogens is 325 g/mol. The van der Waals surface area contributed by atoms with E-state index in [4.69, 9.17) is 28.9 Å². The Morgan fingerprint density at radius 2 is 1.67 bits per heavy atom. The van der Waals surface area contributed by atoms with Gasteiger partial charge in [-0.3, -0.25) is 4.21 Å². The van der Waals surface area contributed by atoms with E-state index in [1.165, 1.54) is 5.56 Å². The molecule has 2 nitrogen and oxygen atoms in total. The molecule has 2 N–H and O–H groups in total. The molecule has 2 aromatic rings. The molecule has 21 heavy (non-hydrogen) atoms. The van der Waals surface area contributed by atoms with Gasteiger partial charge in [-0.1, -0.05) is 60.5 Å². The van der Waals surface area contributed by atoms with Crippen molar-refractivity contribution in [2.45, 2.75) is 24.3 Å². The normalized spacial score (nSPS) is 13.9. The molecule has 5 heteroatoms. The van der Waals surface area contributed by atoms with Gasteiger partial charge in [0.1, 0.15) is 0 Å². The summed E-state index contributed by atoms with van der Waals surface area (Å²) in [7, 11) is -1.33. The summed E-state index contributed by atoms with van der Waals surface area (Å²) in [6.45, 7) is 2.10. The molecule has 0 aliphatic heterocycles. The third-order valence-corrected chi connectivity index (χ3v) is 5.70. The van der Waals surface area contributed by atoms with Crippen LogP contribution in [0.25, 0.3) is 0 Å². The molecule has 112 valence electrons. The number of aryl methyl sites for hydroxylation is 1. The van der Waals surface area contributed by atoms with Crippen LogP contribution in [0.5, 0.6) is 0 Å². The van der Waals surface area contributed by atoms with Gasteiger partial charge in [0.15, 0.2) is 0 Å². The van der Waals surface area contributed by atoms with Crippen LogP contribution < -0.4 is 5.73 Å². The SMILES string of the molecule is CCc1ccc(C(N)CS(=O)c2c(Cl)cccc2Cl)cc1. The quantitative estimate of drug-likeness (QED) is 0.877. The van der Waals surface area contributed by atoms with Gasteiger partial charge in [-0.15, -0.1) is 0 Å². The van der Waals surface area contributed by atoms with Crippen molar-refractivity contribution >= 4 is 34.0 Å². The van der Waals surface area contributed by atoms with Crippen LogP contribution >= 0.6 is 23.2 Å². The zero-order valence-corrected chi connectivity index (χ0v) is 14.0. The molecule has 0 heterocycles. The Balaban J connectivity index is 2.15. The molecule has 0 aromatic heterocycles. The maximum Gasteiger partial charge on any atom is 0.0761 e. The van der Waals surface area contributed by atoms with Gasteiger partial charge in [0.2, 0.25) is 0 Å². The first kappa shape index (κ1) is 16.5. The lowest BCUT2D eigenvalue weighted by molar-refractivity contribution is 0.675. The predicted molar refractivity (Wildman–Crippen MR) is 90.5 cm³/mol. The van der Waals surface area contributed by atoms with Crippen molar-refractivity contribution in [3.63, 3.8) is 0 Å². The van der Waals surface area contributed by atoms with Crippen LogP contribution in [0.3, 0.4) is 0 Å². The predicted octanol–water partition coefficient (Wildman–Crippen LogP) is 4.36. The first-order valence-corrected chi connectivity index (χ1v) is 8.77. The minimum Gasteiger partial charge on any atom is -0.323 e. The Hall–Kier alpha value is -0.870. The van der Waals surface area contributed by atoms with Crippen molar-refractivity contribution < 1.29 is 4.21 Å². The van der Waals surface area contributed by atoms with Crippen molar-refractivity contribution in [1.29, 1.82) is 0 Å². The monoisotopic (exact) mass is 341 g/mol. The van der Waals surface area contributed by atoms with Gasteiger partial charge in [-0.25, -0.2) is 0 Å². The Labute approximate surface area is 137 Å². The molecule has 0 saturated heterocycles. The van der Waals surface area contributed by atoms with Crippen LogP contribution in [-0.4, -0.2) is 9.96 Å². The summed E-state index contributed by atoms with van der Waals surface area (Å²) in [4.78, 5) is 0.460. The second kappa shape index (κ2) is 7.41. The highest BCUT2D eigenvalue weighted by Crippen LogP contribution is 2.29. The summed E-state index contributed by atoms with van der Waals surface area (Å²) in [6, 6.07) is 12.8. The highest BCUT2D eigenvalue weighted by molar-refractivity contribution is 7.85. The number of halogens is 2. The fraction of sp³-hybridized carbons (Fsp3) is 0.250. The van der Waals surface area contributed by atoms with E-state index < -0.39 is 10.8 Å². The highest BCUT2D eigenvalue weighted by atomic mass is 35.5. The molecule has 0 amide bonds. The third-order valence-electron chi connectivity index (χ3n) is 3.29. The lowest BCUT2D eigenvalue weighted by Gasteiger charge is -2.14. The van der Waals surface area contributed by atoms with E-state index in [-0.39, 0.29) is 11.8 Å². The Morgan fingerprint density at radius 1 is 1.10 bits per heavy atom. The number of nitrogens with two attached hydrogens (primary N) is 1. The van der Waals surface area contributed by atoms with Crippen LogP contribution in [0.4, 0.5) is 0 Å². The van der Waals surface area contributed by atoms with E-state index in [0.717, 1.165) is 12.0 Å². The second-order valence-corrected chi connectivity index (χ2v) is 7.01. The number of rotatable bonds is 5. The summed E-state index contributed by atoms with van der Waals surface area (Å²) in [5.74, 6) is 0.287. The number of hydrogen-bond acceptors (Lipinski definition) is 2. The van der Waals surface area contributed by atoms with Crippen molar-refractivity contribution in [3.8, 4) is 0 Å². The molecule has 2 atom stereocenters. The summed E-state index contributed by atoms with van der Waals surface area (Å²) < 4.78 is 12.5. The summed E-state index contributed by atoms with van der Waals surface area (Å²) in [6.07, 6.45) is 0.983. The zero-order valence-electron chi connectivity index (χ0n) is 11.7. The molecule has 0 aliphatic carbocycles. The smallest absolute Gasteiger partial charge is 0.0761 e. The molecule has 0 bridgehead atoms. The lowest BCUT2D eigenvalue weighted by Crippen LogP contribution is -2.18. The topological polar surface area (TPSA) is 43.1 Å². The van der Waals surface area contributed by atoms with E-state index in [0.29, 0.717) is 14.9 Å². The van der Waals surface area contributed by atoms with Gasteiger partial charge in [0.05, 0.1) is 25.7 Å². The summed E-state index contributed by atoms with van der Waals surface area (Å²) in [5.41, 5.74) is 8.36. The van der Waals surface area contributed by atoms with E-state index in [1.807, 2.05) is 24.3 Å². The van der Waals surface area contributed by atoms with Gasteiger partial charge in [0, 0.05) is 11.8 Å². The van der Waals surface area contributed by atoms with Crippen LogP contribution in [-0.2, 0) is 17.2 Å². The Bertz CT molecular complexity index is 623. The fourth-order valence-electron chi connectivity index (χ4n) is 2.04. The largest absolute Gasteiger partial charge is 0.323 e. The van der Waals surface area contributed by atoms with Gasteiger partial charge in [-0.2, -0.15) is 0 Å². The van der Waals surface area contributed by atoms with Crippen LogP contribution in [0.15, 0.2) is 47.4 Å². The van der Waals surface area contributed by atoms with E-state index in [2.05, 4.69) is 6.92 Å². The van der Waals surface area contributed by atoms with Crippen LogP contribution in [0.2, 0.25) is 10.0 Å². The van der Waals surface area contributed by atoms with Gasteiger partial charge in [0.25, 0.3) is 0 Å². The number of hydrogen-bond donors (Lipinski definition) is 1. The number of benzene rings is 2.